The van der Waals surface area contributed by atoms with Gasteiger partial charge in [-0.25, -0.2) is 0 Å². The van der Waals surface area contributed by atoms with Crippen LogP contribution < -0.4 is 5.32 Å². The van der Waals surface area contributed by atoms with Gasteiger partial charge in [-0.2, -0.15) is 0 Å². The molecule has 6 heteroatoms. The minimum absolute atomic E-state index is 0.130. The quantitative estimate of drug-likeness (QED) is 0.639. The van der Waals surface area contributed by atoms with Crippen LogP contribution >= 0.6 is 22.9 Å². The second-order valence-electron chi connectivity index (χ2n) is 3.35. The Morgan fingerprint density at radius 3 is 2.88 bits per heavy atom. The van der Waals surface area contributed by atoms with Crippen molar-refractivity contribution >= 4 is 34.8 Å². The van der Waals surface area contributed by atoms with Gasteiger partial charge in [-0.15, -0.1) is 22.9 Å². The van der Waals surface area contributed by atoms with E-state index in [-0.39, 0.29) is 36.6 Å². The van der Waals surface area contributed by atoms with Crippen LogP contribution in [0.25, 0.3) is 0 Å². The van der Waals surface area contributed by atoms with Crippen LogP contribution in [-0.2, 0) is 14.3 Å². The molecule has 0 aliphatic heterocycles. The number of ether oxygens (including phenoxy) is 1. The molecule has 1 aromatic heterocycles. The molecule has 1 rings (SSSR count). The number of halogens is 1. The number of hydrogen-bond donors (Lipinski definition) is 1. The van der Waals surface area contributed by atoms with Gasteiger partial charge in [-0.3, -0.25) is 9.59 Å². The molecule has 1 atom stereocenters. The van der Waals surface area contributed by atoms with Crippen molar-refractivity contribution in [2.24, 2.45) is 0 Å². The molecule has 1 unspecified atom stereocenters. The summed E-state index contributed by atoms with van der Waals surface area (Å²) in [4.78, 5) is 23.7. The Morgan fingerprint density at radius 1 is 1.59 bits per heavy atom. The van der Waals surface area contributed by atoms with E-state index in [4.69, 9.17) is 11.6 Å². The molecule has 0 saturated heterocycles. The Labute approximate surface area is 109 Å². The average molecular weight is 276 g/mol. The summed E-state index contributed by atoms with van der Waals surface area (Å²) < 4.78 is 4.61. The smallest absolute Gasteiger partial charge is 0.307 e. The maximum atomic E-state index is 11.5. The van der Waals surface area contributed by atoms with E-state index in [0.717, 1.165) is 4.88 Å². The van der Waals surface area contributed by atoms with E-state index < -0.39 is 0 Å². The van der Waals surface area contributed by atoms with Crippen molar-refractivity contribution in [3.05, 3.63) is 22.4 Å². The van der Waals surface area contributed by atoms with Crippen molar-refractivity contribution in [2.45, 2.75) is 18.9 Å². The second kappa shape index (κ2) is 7.29. The van der Waals surface area contributed by atoms with E-state index in [0.29, 0.717) is 0 Å². The Balaban J connectivity index is 2.66. The van der Waals surface area contributed by atoms with Gasteiger partial charge in [0.1, 0.15) is 0 Å². The normalized spacial score (nSPS) is 11.9. The second-order valence-corrected chi connectivity index (χ2v) is 4.71. The molecule has 0 bridgehead atoms. The Kier molecular flexibility index (Phi) is 6.00. The van der Waals surface area contributed by atoms with Crippen LogP contribution in [-0.4, -0.2) is 24.9 Å². The van der Waals surface area contributed by atoms with Gasteiger partial charge < -0.3 is 10.1 Å². The summed E-state index contributed by atoms with van der Waals surface area (Å²) in [5.41, 5.74) is 0. The zero-order chi connectivity index (χ0) is 12.7. The lowest BCUT2D eigenvalue weighted by atomic mass is 10.1. The summed E-state index contributed by atoms with van der Waals surface area (Å²) in [5, 5.41) is 4.67. The number of amides is 1. The van der Waals surface area contributed by atoms with Gasteiger partial charge in [-0.05, 0) is 11.4 Å². The molecule has 0 radical (unpaired) electrons. The lowest BCUT2D eigenvalue weighted by molar-refractivity contribution is -0.141. The maximum Gasteiger partial charge on any atom is 0.307 e. The molecule has 1 heterocycles. The molecule has 4 nitrogen and oxygen atoms in total. The van der Waals surface area contributed by atoms with Crippen molar-refractivity contribution < 1.29 is 14.3 Å². The summed E-state index contributed by atoms with van der Waals surface area (Å²) in [6.45, 7) is 0. The molecular weight excluding hydrogens is 262 g/mol. The average Bonchev–Trinajstić information content (AvgIpc) is 2.81. The number of hydrogen-bond acceptors (Lipinski definition) is 4. The van der Waals surface area contributed by atoms with Crippen LogP contribution in [0.15, 0.2) is 17.5 Å². The van der Waals surface area contributed by atoms with Gasteiger partial charge in [0.2, 0.25) is 5.91 Å². The first-order chi connectivity index (χ1) is 8.17. The van der Waals surface area contributed by atoms with Gasteiger partial charge >= 0.3 is 5.97 Å². The number of carbonyl (C=O) groups is 2. The van der Waals surface area contributed by atoms with E-state index in [9.17, 15) is 9.59 Å². The molecule has 0 aliphatic carbocycles. The minimum Gasteiger partial charge on any atom is -0.469 e. The predicted molar refractivity (Wildman–Crippen MR) is 67.2 cm³/mol. The third kappa shape index (κ3) is 4.75. The van der Waals surface area contributed by atoms with Gasteiger partial charge in [0.25, 0.3) is 0 Å². The third-order valence-electron chi connectivity index (χ3n) is 2.14. The van der Waals surface area contributed by atoms with Crippen molar-refractivity contribution in [3.8, 4) is 0 Å². The Hall–Kier alpha value is -1.07. The van der Waals surface area contributed by atoms with Gasteiger partial charge in [0.05, 0.1) is 19.6 Å². The van der Waals surface area contributed by atoms with Gasteiger partial charge in [0, 0.05) is 17.2 Å². The highest BCUT2D eigenvalue weighted by atomic mass is 35.5. The third-order valence-corrected chi connectivity index (χ3v) is 3.32. The highest BCUT2D eigenvalue weighted by Gasteiger charge is 2.19. The number of esters is 1. The van der Waals surface area contributed by atoms with E-state index in [1.54, 1.807) is 0 Å². The summed E-state index contributed by atoms with van der Waals surface area (Å²) in [7, 11) is 1.33. The molecule has 1 aromatic rings. The van der Waals surface area contributed by atoms with Crippen LogP contribution in [0, 0.1) is 0 Å². The molecule has 0 saturated carbocycles. The monoisotopic (exact) mass is 275 g/mol. The van der Waals surface area contributed by atoms with E-state index in [2.05, 4.69) is 10.1 Å². The van der Waals surface area contributed by atoms with Crippen molar-refractivity contribution in [3.63, 3.8) is 0 Å². The Morgan fingerprint density at radius 2 is 2.35 bits per heavy atom. The highest BCUT2D eigenvalue weighted by Crippen LogP contribution is 2.22. The number of carbonyl (C=O) groups excluding carboxylic acids is 2. The zero-order valence-electron chi connectivity index (χ0n) is 9.44. The fourth-order valence-electron chi connectivity index (χ4n) is 1.31. The molecule has 1 N–H and O–H groups in total. The van der Waals surface area contributed by atoms with Crippen LogP contribution in [0.3, 0.4) is 0 Å². The molecular formula is C11H14ClNO3S. The lowest BCUT2D eigenvalue weighted by Crippen LogP contribution is -2.30. The summed E-state index contributed by atoms with van der Waals surface area (Å²) in [6.07, 6.45) is 0.371. The first kappa shape index (κ1) is 14.0. The Bertz CT molecular complexity index is 367. The molecule has 94 valence electrons. The van der Waals surface area contributed by atoms with Crippen LogP contribution in [0.1, 0.15) is 23.8 Å². The molecule has 0 spiro atoms. The topological polar surface area (TPSA) is 55.4 Å². The number of rotatable bonds is 6. The molecule has 0 aliphatic rings. The SMILES string of the molecule is COC(=O)CC(NC(=O)CCCl)c1cccs1. The lowest BCUT2D eigenvalue weighted by Gasteiger charge is -2.15. The van der Waals surface area contributed by atoms with Gasteiger partial charge in [-0.1, -0.05) is 6.07 Å². The summed E-state index contributed by atoms with van der Waals surface area (Å²) in [5.74, 6) is -0.252. The number of nitrogens with one attached hydrogen (secondary N) is 1. The molecule has 0 aromatic carbocycles. The summed E-state index contributed by atoms with van der Waals surface area (Å²) in [6, 6.07) is 3.41. The van der Waals surface area contributed by atoms with Crippen molar-refractivity contribution in [2.75, 3.05) is 13.0 Å². The van der Waals surface area contributed by atoms with E-state index in [1.165, 1.54) is 18.4 Å². The largest absolute Gasteiger partial charge is 0.469 e. The van der Waals surface area contributed by atoms with Crippen LogP contribution in [0.2, 0.25) is 0 Å². The highest BCUT2D eigenvalue weighted by molar-refractivity contribution is 7.10. The summed E-state index contributed by atoms with van der Waals surface area (Å²) >= 11 is 6.98. The fraction of sp³-hybridized carbons (Fsp3) is 0.455. The number of thiophene rings is 1. The van der Waals surface area contributed by atoms with Crippen LogP contribution in [0.4, 0.5) is 0 Å². The van der Waals surface area contributed by atoms with Crippen molar-refractivity contribution in [1.82, 2.24) is 5.32 Å². The fourth-order valence-corrected chi connectivity index (χ4v) is 2.26. The predicted octanol–water partition coefficient (Wildman–Crippen LogP) is 2.10. The van der Waals surface area contributed by atoms with Gasteiger partial charge in [0.15, 0.2) is 0 Å². The molecule has 17 heavy (non-hydrogen) atoms. The molecule has 1 amide bonds. The number of alkyl halides is 1. The minimum atomic E-state index is -0.352. The molecule has 0 fully saturated rings. The van der Waals surface area contributed by atoms with Crippen molar-refractivity contribution in [1.29, 1.82) is 0 Å². The number of methoxy groups -OCH3 is 1. The van der Waals surface area contributed by atoms with E-state index >= 15 is 0 Å². The zero-order valence-corrected chi connectivity index (χ0v) is 11.0. The first-order valence-corrected chi connectivity index (χ1v) is 6.54. The van der Waals surface area contributed by atoms with Crippen LogP contribution in [0.5, 0.6) is 0 Å². The van der Waals surface area contributed by atoms with E-state index in [1.807, 2.05) is 17.5 Å². The maximum absolute atomic E-state index is 11.5. The first-order valence-electron chi connectivity index (χ1n) is 5.13. The standard InChI is InChI=1S/C11H14ClNO3S/c1-16-11(15)7-8(9-3-2-6-17-9)13-10(14)4-5-12/h2-3,6,8H,4-5,7H2,1H3,(H,13,14).